The Balaban J connectivity index is 1.78. The van der Waals surface area contributed by atoms with Crippen LogP contribution in [0.1, 0.15) is 5.69 Å². The van der Waals surface area contributed by atoms with E-state index in [9.17, 15) is 0 Å². The number of hydrogen-bond donors (Lipinski definition) is 1. The number of anilines is 2. The molecule has 3 heterocycles. The Bertz CT molecular complexity index is 638. The fraction of sp³-hybridized carbons (Fsp3) is 0.167. The van der Waals surface area contributed by atoms with E-state index in [4.69, 9.17) is 5.73 Å². The van der Waals surface area contributed by atoms with Gasteiger partial charge in [0.25, 0.3) is 0 Å². The van der Waals surface area contributed by atoms with Crippen LogP contribution < -0.4 is 10.6 Å². The molecule has 0 fully saturated rings. The normalized spacial score (nSPS) is 14.6. The molecule has 0 amide bonds. The second kappa shape index (κ2) is 4.52. The second-order valence-corrected chi connectivity index (χ2v) is 4.17. The van der Waals surface area contributed by atoms with E-state index >= 15 is 0 Å². The molecule has 0 saturated carbocycles. The fourth-order valence-corrected chi connectivity index (χ4v) is 1.77. The first-order valence-corrected chi connectivity index (χ1v) is 5.78. The van der Waals surface area contributed by atoms with Gasteiger partial charge in [-0.05, 0) is 6.08 Å². The van der Waals surface area contributed by atoms with Crippen LogP contribution in [0.25, 0.3) is 0 Å². The Kier molecular flexibility index (Phi) is 2.71. The van der Waals surface area contributed by atoms with Gasteiger partial charge in [-0.1, -0.05) is 0 Å². The predicted octanol–water partition coefficient (Wildman–Crippen LogP) is 0.573. The number of aryl methyl sites for hydroxylation is 1. The van der Waals surface area contributed by atoms with Crippen LogP contribution >= 0.6 is 0 Å². The molecule has 0 spiro atoms. The first kappa shape index (κ1) is 11.4. The average Bonchev–Trinajstić information content (AvgIpc) is 2.87. The number of aromatic nitrogens is 4. The van der Waals surface area contributed by atoms with Gasteiger partial charge in [-0.25, -0.2) is 9.97 Å². The summed E-state index contributed by atoms with van der Waals surface area (Å²) in [6.45, 7) is 0.531. The lowest BCUT2D eigenvalue weighted by atomic mass is 10.2. The molecule has 96 valence electrons. The molecular weight excluding hydrogens is 242 g/mol. The minimum Gasteiger partial charge on any atom is -0.382 e. The van der Waals surface area contributed by atoms with Gasteiger partial charge in [-0.2, -0.15) is 5.10 Å². The van der Waals surface area contributed by atoms with Crippen LogP contribution in [0.5, 0.6) is 0 Å². The minimum absolute atomic E-state index is 0.404. The van der Waals surface area contributed by atoms with E-state index in [2.05, 4.69) is 20.1 Å². The van der Waals surface area contributed by atoms with Crippen molar-refractivity contribution in [3.63, 3.8) is 0 Å². The number of rotatable bonds is 2. The molecule has 2 N–H and O–H groups in total. The maximum atomic E-state index is 5.51. The van der Waals surface area contributed by atoms with Crippen LogP contribution in [0.15, 0.2) is 42.1 Å². The molecular formula is C12H13N7. The highest BCUT2D eigenvalue weighted by Crippen LogP contribution is 2.16. The Morgan fingerprint density at radius 3 is 2.68 bits per heavy atom. The zero-order chi connectivity index (χ0) is 13.2. The molecule has 2 aromatic heterocycles. The van der Waals surface area contributed by atoms with E-state index in [1.807, 2.05) is 30.4 Å². The summed E-state index contributed by atoms with van der Waals surface area (Å²) in [5.74, 6) is 0.404. The highest BCUT2D eigenvalue weighted by Gasteiger charge is 2.11. The molecule has 1 aliphatic rings. The van der Waals surface area contributed by atoms with Crippen molar-refractivity contribution in [3.05, 3.63) is 42.8 Å². The summed E-state index contributed by atoms with van der Waals surface area (Å²) in [5, 5.41) is 4.14. The van der Waals surface area contributed by atoms with Crippen molar-refractivity contribution >= 4 is 17.2 Å². The highest BCUT2D eigenvalue weighted by molar-refractivity contribution is 6.08. The van der Waals surface area contributed by atoms with Crippen LogP contribution in [0.2, 0.25) is 0 Å². The third-order valence-corrected chi connectivity index (χ3v) is 2.76. The topological polar surface area (TPSA) is 85.2 Å². The largest absolute Gasteiger partial charge is 0.382 e. The number of nitrogen functional groups attached to an aromatic ring is 1. The first-order valence-electron chi connectivity index (χ1n) is 5.78. The maximum Gasteiger partial charge on any atom is 0.141 e. The zero-order valence-corrected chi connectivity index (χ0v) is 10.4. The van der Waals surface area contributed by atoms with Crippen molar-refractivity contribution in [1.82, 2.24) is 19.7 Å². The molecule has 2 aromatic rings. The molecule has 0 aliphatic carbocycles. The van der Waals surface area contributed by atoms with Crippen molar-refractivity contribution in [1.29, 1.82) is 0 Å². The van der Waals surface area contributed by atoms with E-state index in [1.165, 1.54) is 6.20 Å². The van der Waals surface area contributed by atoms with Crippen LogP contribution in [-0.4, -0.2) is 32.1 Å². The van der Waals surface area contributed by atoms with Crippen molar-refractivity contribution < 1.29 is 0 Å². The Morgan fingerprint density at radius 2 is 2.11 bits per heavy atom. The van der Waals surface area contributed by atoms with Crippen molar-refractivity contribution in [2.75, 3.05) is 17.3 Å². The van der Waals surface area contributed by atoms with E-state index < -0.39 is 0 Å². The van der Waals surface area contributed by atoms with Crippen LogP contribution in [-0.2, 0) is 7.05 Å². The molecule has 0 atom stereocenters. The predicted molar refractivity (Wildman–Crippen MR) is 72.7 cm³/mol. The Hall–Kier alpha value is -2.70. The standard InChI is InChI=1S/C12H13N7/c1-18-7-9(4-17-18)19-3-2-10(16-8-19)11-5-15-12(13)6-14-11/h2-7H,8H2,1H3,(H2,13,15). The Labute approximate surface area is 110 Å². The third kappa shape index (κ3) is 2.30. The van der Waals surface area contributed by atoms with Gasteiger partial charge in [0.05, 0.1) is 30.0 Å². The Morgan fingerprint density at radius 1 is 1.21 bits per heavy atom. The smallest absolute Gasteiger partial charge is 0.141 e. The summed E-state index contributed by atoms with van der Waals surface area (Å²) in [4.78, 5) is 14.7. The highest BCUT2D eigenvalue weighted by atomic mass is 15.3. The molecule has 0 aromatic carbocycles. The van der Waals surface area contributed by atoms with Gasteiger partial charge >= 0.3 is 0 Å². The number of allylic oxidation sites excluding steroid dienone is 1. The molecule has 1 aliphatic heterocycles. The number of nitrogens with zero attached hydrogens (tertiary/aromatic N) is 6. The summed E-state index contributed by atoms with van der Waals surface area (Å²) in [7, 11) is 1.88. The lowest BCUT2D eigenvalue weighted by Crippen LogP contribution is -2.21. The molecule has 0 bridgehead atoms. The van der Waals surface area contributed by atoms with E-state index in [0.29, 0.717) is 12.5 Å². The summed E-state index contributed by atoms with van der Waals surface area (Å²) in [5.41, 5.74) is 8.03. The second-order valence-electron chi connectivity index (χ2n) is 4.17. The summed E-state index contributed by atoms with van der Waals surface area (Å²) in [6, 6.07) is 0. The fourth-order valence-electron chi connectivity index (χ4n) is 1.77. The van der Waals surface area contributed by atoms with Crippen molar-refractivity contribution in [2.24, 2.45) is 12.0 Å². The van der Waals surface area contributed by atoms with E-state index in [0.717, 1.165) is 17.1 Å². The SMILES string of the molecule is Cn1cc(N2C=CC(c3cnc(N)cn3)=NC2)cn1. The van der Waals surface area contributed by atoms with Gasteiger partial charge in [0, 0.05) is 19.4 Å². The third-order valence-electron chi connectivity index (χ3n) is 2.76. The first-order chi connectivity index (χ1) is 9.22. The molecule has 0 unspecified atom stereocenters. The van der Waals surface area contributed by atoms with Gasteiger partial charge in [0.15, 0.2) is 0 Å². The van der Waals surface area contributed by atoms with E-state index in [-0.39, 0.29) is 0 Å². The molecule has 7 nitrogen and oxygen atoms in total. The molecule has 0 radical (unpaired) electrons. The molecule has 19 heavy (non-hydrogen) atoms. The van der Waals surface area contributed by atoms with Gasteiger partial charge in [0.2, 0.25) is 0 Å². The zero-order valence-electron chi connectivity index (χ0n) is 10.4. The monoisotopic (exact) mass is 255 g/mol. The van der Waals surface area contributed by atoms with E-state index in [1.54, 1.807) is 17.1 Å². The van der Waals surface area contributed by atoms with Crippen molar-refractivity contribution in [3.8, 4) is 0 Å². The molecule has 0 saturated heterocycles. The number of hydrogen-bond acceptors (Lipinski definition) is 6. The molecule has 7 heteroatoms. The average molecular weight is 255 g/mol. The lowest BCUT2D eigenvalue weighted by Gasteiger charge is -2.19. The van der Waals surface area contributed by atoms with Gasteiger partial charge < -0.3 is 10.6 Å². The number of nitrogens with two attached hydrogens (primary N) is 1. The summed E-state index contributed by atoms with van der Waals surface area (Å²) in [6.07, 6.45) is 10.7. The van der Waals surface area contributed by atoms with Crippen molar-refractivity contribution in [2.45, 2.75) is 0 Å². The van der Waals surface area contributed by atoms with Gasteiger partial charge in [-0.15, -0.1) is 0 Å². The van der Waals surface area contributed by atoms with Crippen LogP contribution in [0, 0.1) is 0 Å². The maximum absolute atomic E-state index is 5.51. The summed E-state index contributed by atoms with van der Waals surface area (Å²) >= 11 is 0. The van der Waals surface area contributed by atoms with Crippen LogP contribution in [0.3, 0.4) is 0 Å². The molecule has 3 rings (SSSR count). The van der Waals surface area contributed by atoms with Gasteiger partial charge in [-0.3, -0.25) is 9.67 Å². The minimum atomic E-state index is 0.404. The number of aliphatic imine (C=N–C) groups is 1. The van der Waals surface area contributed by atoms with Crippen LogP contribution in [0.4, 0.5) is 11.5 Å². The summed E-state index contributed by atoms with van der Waals surface area (Å²) < 4.78 is 1.76. The van der Waals surface area contributed by atoms with Gasteiger partial charge in [0.1, 0.15) is 18.2 Å². The lowest BCUT2D eigenvalue weighted by molar-refractivity contribution is 0.767. The quantitative estimate of drug-likeness (QED) is 0.848.